The predicted octanol–water partition coefficient (Wildman–Crippen LogP) is 7.02. The summed E-state index contributed by atoms with van der Waals surface area (Å²) in [5.74, 6) is -0.229. The molecule has 1 fully saturated rings. The molecule has 0 bridgehead atoms. The Morgan fingerprint density at radius 2 is 1.73 bits per heavy atom. The van der Waals surface area contributed by atoms with Crippen molar-refractivity contribution in [1.82, 2.24) is 9.88 Å². The zero-order valence-corrected chi connectivity index (χ0v) is 23.0. The van der Waals surface area contributed by atoms with E-state index in [0.29, 0.717) is 18.5 Å². The molecule has 3 aromatic rings. The summed E-state index contributed by atoms with van der Waals surface area (Å²) >= 11 is 0. The Labute approximate surface area is 232 Å². The third-order valence-corrected chi connectivity index (χ3v) is 6.65. The van der Waals surface area contributed by atoms with Crippen LogP contribution >= 0.6 is 0 Å². The van der Waals surface area contributed by atoms with E-state index in [9.17, 15) is 18.0 Å². The number of nitrogens with zero attached hydrogens (tertiary/aromatic N) is 3. The second-order valence-corrected chi connectivity index (χ2v) is 10.2. The number of halogens is 3. The quantitative estimate of drug-likeness (QED) is 0.308. The van der Waals surface area contributed by atoms with Crippen LogP contribution in [0.25, 0.3) is 11.1 Å². The van der Waals surface area contributed by atoms with Crippen LogP contribution in [-0.2, 0) is 6.18 Å². The number of benzene rings is 2. The van der Waals surface area contributed by atoms with Gasteiger partial charge in [-0.2, -0.15) is 13.2 Å². The van der Waals surface area contributed by atoms with Gasteiger partial charge in [0.25, 0.3) is 0 Å². The van der Waals surface area contributed by atoms with Gasteiger partial charge in [0.2, 0.25) is 0 Å². The highest BCUT2D eigenvalue weighted by molar-refractivity contribution is 6.00. The van der Waals surface area contributed by atoms with Crippen LogP contribution in [0.1, 0.15) is 43.5 Å². The predicted molar refractivity (Wildman–Crippen MR) is 152 cm³/mol. The Hall–Kier alpha value is -3.92. The van der Waals surface area contributed by atoms with Crippen LogP contribution in [0.4, 0.5) is 29.3 Å². The van der Waals surface area contributed by atoms with Crippen molar-refractivity contribution in [2.24, 2.45) is 4.99 Å². The number of hydrogen-bond donors (Lipinski definition) is 2. The van der Waals surface area contributed by atoms with Crippen LogP contribution in [0.2, 0.25) is 0 Å². The molecule has 0 aliphatic carbocycles. The van der Waals surface area contributed by atoms with Crippen molar-refractivity contribution in [3.8, 4) is 16.9 Å². The topological polar surface area (TPSA) is 78.8 Å². The summed E-state index contributed by atoms with van der Waals surface area (Å²) in [6.45, 7) is 7.44. The molecule has 2 amide bonds. The Bertz CT molecular complexity index is 1350. The van der Waals surface area contributed by atoms with Crippen LogP contribution < -0.4 is 15.4 Å². The lowest BCUT2D eigenvalue weighted by Crippen LogP contribution is -2.36. The molecule has 1 aliphatic heterocycles. The average Bonchev–Trinajstić information content (AvgIpc) is 2.90. The number of aliphatic imine (C=N–C) groups is 1. The molecule has 0 saturated carbocycles. The molecule has 0 spiro atoms. The minimum absolute atomic E-state index is 0.0125. The van der Waals surface area contributed by atoms with E-state index < -0.39 is 17.8 Å². The SMILES string of the molecule is Cc1nccc(-c2ccc(NC(=O)Nc3ccc(OC4CCN(C)CC4)c(C(F)(F)F)c3)cc2)c1C=NC(C)C. The number of amides is 2. The first-order chi connectivity index (χ1) is 19.0. The second-order valence-electron chi connectivity index (χ2n) is 10.2. The largest absolute Gasteiger partial charge is 0.490 e. The van der Waals surface area contributed by atoms with E-state index in [1.807, 2.05) is 52.2 Å². The van der Waals surface area contributed by atoms with Gasteiger partial charge in [0.05, 0.1) is 5.56 Å². The summed E-state index contributed by atoms with van der Waals surface area (Å²) in [7, 11) is 1.97. The lowest BCUT2D eigenvalue weighted by molar-refractivity contribution is -0.139. The van der Waals surface area contributed by atoms with E-state index in [2.05, 4.69) is 25.5 Å². The van der Waals surface area contributed by atoms with Gasteiger partial charge in [-0.3, -0.25) is 9.98 Å². The fourth-order valence-electron chi connectivity index (χ4n) is 4.46. The molecule has 0 radical (unpaired) electrons. The van der Waals surface area contributed by atoms with Crippen molar-refractivity contribution in [2.45, 2.75) is 51.9 Å². The fraction of sp³-hybridized carbons (Fsp3) is 0.367. The number of carbonyl (C=O) groups is 1. The molecule has 2 aromatic carbocycles. The van der Waals surface area contributed by atoms with Gasteiger partial charge in [0, 0.05) is 54.2 Å². The first-order valence-electron chi connectivity index (χ1n) is 13.2. The minimum Gasteiger partial charge on any atom is -0.490 e. The van der Waals surface area contributed by atoms with Crippen molar-refractivity contribution in [1.29, 1.82) is 0 Å². The molecule has 2 N–H and O–H groups in total. The van der Waals surface area contributed by atoms with E-state index in [-0.39, 0.29) is 23.6 Å². The highest BCUT2D eigenvalue weighted by Gasteiger charge is 2.35. The van der Waals surface area contributed by atoms with Crippen molar-refractivity contribution in [3.05, 3.63) is 71.5 Å². The maximum atomic E-state index is 13.8. The number of rotatable bonds is 7. The van der Waals surface area contributed by atoms with Gasteiger partial charge in [-0.05, 0) is 88.2 Å². The third-order valence-electron chi connectivity index (χ3n) is 6.65. The first kappa shape index (κ1) is 29.1. The first-order valence-corrected chi connectivity index (χ1v) is 13.2. The number of likely N-dealkylation sites (tertiary alicyclic amines) is 1. The van der Waals surface area contributed by atoms with Gasteiger partial charge < -0.3 is 20.3 Å². The van der Waals surface area contributed by atoms with Gasteiger partial charge in [-0.1, -0.05) is 12.1 Å². The van der Waals surface area contributed by atoms with E-state index in [1.165, 1.54) is 12.1 Å². The van der Waals surface area contributed by atoms with Gasteiger partial charge >= 0.3 is 12.2 Å². The molecule has 40 heavy (non-hydrogen) atoms. The maximum Gasteiger partial charge on any atom is 0.420 e. The molecule has 1 aliphatic rings. The number of alkyl halides is 3. The number of carbonyl (C=O) groups excluding carboxylic acids is 1. The summed E-state index contributed by atoms with van der Waals surface area (Å²) in [6, 6.07) is 12.1. The standard InChI is InChI=1S/C30H34F3N5O2/c1-19(2)35-18-26-20(3)34-14-11-25(26)21-5-7-22(8-6-21)36-29(39)37-23-9-10-28(27(17-23)30(31,32)33)40-24-12-15-38(4)16-13-24/h5-11,14,17-19,24H,12-13,15-16H2,1-4H3,(H2,36,37,39). The van der Waals surface area contributed by atoms with Crippen molar-refractivity contribution >= 4 is 23.6 Å². The third kappa shape index (κ3) is 7.59. The zero-order chi connectivity index (χ0) is 28.9. The van der Waals surface area contributed by atoms with Gasteiger partial charge in [-0.25, -0.2) is 4.79 Å². The summed E-state index contributed by atoms with van der Waals surface area (Å²) < 4.78 is 47.2. The molecule has 212 valence electrons. The molecule has 10 heteroatoms. The number of aryl methyl sites for hydroxylation is 1. The number of ether oxygens (including phenoxy) is 1. The summed E-state index contributed by atoms with van der Waals surface area (Å²) in [5, 5.41) is 5.16. The van der Waals surface area contributed by atoms with Crippen LogP contribution in [0.5, 0.6) is 5.75 Å². The maximum absolute atomic E-state index is 13.8. The fourth-order valence-corrected chi connectivity index (χ4v) is 4.46. The smallest absolute Gasteiger partial charge is 0.420 e. The molecule has 1 aromatic heterocycles. The van der Waals surface area contributed by atoms with Crippen LogP contribution in [-0.4, -0.2) is 54.4 Å². The summed E-state index contributed by atoms with van der Waals surface area (Å²) in [5.41, 5.74) is 3.22. The summed E-state index contributed by atoms with van der Waals surface area (Å²) in [4.78, 5) is 23.6. The molecule has 2 heterocycles. The highest BCUT2D eigenvalue weighted by atomic mass is 19.4. The number of piperidine rings is 1. The van der Waals surface area contributed by atoms with Crippen LogP contribution in [0.3, 0.4) is 0 Å². The normalized spacial score (nSPS) is 15.0. The Morgan fingerprint density at radius 1 is 1.07 bits per heavy atom. The number of hydrogen-bond acceptors (Lipinski definition) is 5. The number of pyridine rings is 1. The number of urea groups is 1. The van der Waals surface area contributed by atoms with Crippen LogP contribution in [0.15, 0.2) is 59.7 Å². The van der Waals surface area contributed by atoms with E-state index in [1.54, 1.807) is 18.3 Å². The van der Waals surface area contributed by atoms with E-state index in [4.69, 9.17) is 4.74 Å². The monoisotopic (exact) mass is 553 g/mol. The molecule has 0 unspecified atom stereocenters. The van der Waals surface area contributed by atoms with Crippen molar-refractivity contribution in [2.75, 3.05) is 30.8 Å². The Morgan fingerprint density at radius 3 is 2.38 bits per heavy atom. The second kappa shape index (κ2) is 12.5. The molecular weight excluding hydrogens is 519 g/mol. The minimum atomic E-state index is -4.63. The Balaban J connectivity index is 1.44. The number of aromatic nitrogens is 1. The van der Waals surface area contributed by atoms with Gasteiger partial charge in [-0.15, -0.1) is 0 Å². The average molecular weight is 554 g/mol. The zero-order valence-electron chi connectivity index (χ0n) is 23.0. The molecular formula is C30H34F3N5O2. The number of nitrogens with one attached hydrogen (secondary N) is 2. The number of anilines is 2. The van der Waals surface area contributed by atoms with E-state index in [0.717, 1.165) is 41.5 Å². The van der Waals surface area contributed by atoms with Crippen molar-refractivity contribution in [3.63, 3.8) is 0 Å². The van der Waals surface area contributed by atoms with Crippen LogP contribution in [0, 0.1) is 6.92 Å². The van der Waals surface area contributed by atoms with Gasteiger partial charge in [0.15, 0.2) is 0 Å². The lowest BCUT2D eigenvalue weighted by Gasteiger charge is -2.30. The van der Waals surface area contributed by atoms with E-state index >= 15 is 0 Å². The molecule has 4 rings (SSSR count). The highest BCUT2D eigenvalue weighted by Crippen LogP contribution is 2.39. The molecule has 0 atom stereocenters. The lowest BCUT2D eigenvalue weighted by atomic mass is 10.00. The van der Waals surface area contributed by atoms with Gasteiger partial charge in [0.1, 0.15) is 11.9 Å². The molecule has 7 nitrogen and oxygen atoms in total. The Kier molecular flexibility index (Phi) is 9.09. The molecule has 1 saturated heterocycles. The summed E-state index contributed by atoms with van der Waals surface area (Å²) in [6.07, 6.45) is -0.0469. The van der Waals surface area contributed by atoms with Crippen molar-refractivity contribution < 1.29 is 22.7 Å².